The van der Waals surface area contributed by atoms with E-state index in [1.807, 2.05) is 30.3 Å². The van der Waals surface area contributed by atoms with Crippen LogP contribution in [0, 0.1) is 0 Å². The lowest BCUT2D eigenvalue weighted by atomic mass is 9.88. The zero-order chi connectivity index (χ0) is 17.9. The van der Waals surface area contributed by atoms with Gasteiger partial charge in [0, 0.05) is 37.2 Å². The van der Waals surface area contributed by atoms with E-state index in [1.54, 1.807) is 11.0 Å². The quantitative estimate of drug-likeness (QED) is 0.697. The molecule has 8 heteroatoms. The molecule has 1 aliphatic heterocycles. The lowest BCUT2D eigenvalue weighted by Gasteiger charge is -2.16. The average molecular weight is 351 g/mol. The van der Waals surface area contributed by atoms with Gasteiger partial charge < -0.3 is 9.42 Å². The van der Waals surface area contributed by atoms with Gasteiger partial charge in [-0.3, -0.25) is 9.59 Å². The van der Waals surface area contributed by atoms with Crippen molar-refractivity contribution in [2.45, 2.75) is 18.4 Å². The van der Waals surface area contributed by atoms with E-state index in [0.29, 0.717) is 18.9 Å². The van der Waals surface area contributed by atoms with Gasteiger partial charge in [-0.25, -0.2) is 4.68 Å². The van der Waals surface area contributed by atoms with Crippen LogP contribution >= 0.6 is 0 Å². The highest BCUT2D eigenvalue weighted by Gasteiger charge is 2.39. The normalized spacial score (nSPS) is 19.6. The van der Waals surface area contributed by atoms with Crippen molar-refractivity contribution in [2.24, 2.45) is 0 Å². The van der Waals surface area contributed by atoms with Crippen LogP contribution in [0.15, 0.2) is 64.4 Å². The first kappa shape index (κ1) is 16.2. The number of carbonyl (C=O) groups excluding carboxylic acids is 1. The number of hydrogen-bond acceptors (Lipinski definition) is 6. The zero-order valence-electron chi connectivity index (χ0n) is 13.9. The number of likely N-dealkylation sites (tertiary alicyclic amines) is 1. The Hall–Kier alpha value is -3.29. The molecule has 0 spiro atoms. The van der Waals surface area contributed by atoms with Crippen molar-refractivity contribution < 1.29 is 9.32 Å². The fourth-order valence-corrected chi connectivity index (χ4v) is 3.38. The van der Waals surface area contributed by atoms with E-state index in [9.17, 15) is 9.59 Å². The molecule has 2 atom stereocenters. The van der Waals surface area contributed by atoms with E-state index >= 15 is 0 Å². The van der Waals surface area contributed by atoms with Crippen molar-refractivity contribution in [1.29, 1.82) is 0 Å². The summed E-state index contributed by atoms with van der Waals surface area (Å²) in [5.74, 6) is 0.445. The van der Waals surface area contributed by atoms with Crippen LogP contribution in [0.3, 0.4) is 0 Å². The van der Waals surface area contributed by atoms with E-state index in [4.69, 9.17) is 4.52 Å². The van der Waals surface area contributed by atoms with Crippen LogP contribution in [-0.2, 0) is 11.3 Å². The standard InChI is InChI=1S/C18H17N5O3/c24-16-7-4-8-20-23(16)11-17(25)22-9-14(13-5-2-1-3-6-13)15(10-22)18-19-12-26-21-18/h1-8,12,14-15H,9-11H2/t14-,15+/m0/s1. The molecule has 8 nitrogen and oxygen atoms in total. The second-order valence-corrected chi connectivity index (χ2v) is 6.23. The number of carbonyl (C=O) groups is 1. The van der Waals surface area contributed by atoms with Crippen molar-refractivity contribution in [1.82, 2.24) is 24.8 Å². The SMILES string of the molecule is O=C(Cn1ncccc1=O)N1C[C@@H](c2ccccc2)[C@H](c2ncon2)C1. The Bertz CT molecular complexity index is 939. The minimum absolute atomic E-state index is 0.0550. The molecule has 1 fully saturated rings. The Morgan fingerprint density at radius 2 is 1.92 bits per heavy atom. The third-order valence-corrected chi connectivity index (χ3v) is 4.68. The molecule has 1 aliphatic rings. The Morgan fingerprint density at radius 3 is 2.65 bits per heavy atom. The van der Waals surface area contributed by atoms with E-state index in [0.717, 1.165) is 5.56 Å². The first-order valence-electron chi connectivity index (χ1n) is 8.33. The first-order valence-corrected chi connectivity index (χ1v) is 8.33. The Kier molecular flexibility index (Phi) is 4.30. The van der Waals surface area contributed by atoms with Crippen molar-refractivity contribution in [3.8, 4) is 0 Å². The smallest absolute Gasteiger partial charge is 0.267 e. The van der Waals surface area contributed by atoms with Crippen LogP contribution in [-0.4, -0.2) is 43.8 Å². The number of aromatic nitrogens is 4. The molecule has 0 N–H and O–H groups in total. The maximum atomic E-state index is 12.7. The number of amides is 1. The van der Waals surface area contributed by atoms with Gasteiger partial charge >= 0.3 is 0 Å². The summed E-state index contributed by atoms with van der Waals surface area (Å²) in [7, 11) is 0. The van der Waals surface area contributed by atoms with Gasteiger partial charge in [0.2, 0.25) is 12.3 Å². The highest BCUT2D eigenvalue weighted by Crippen LogP contribution is 2.38. The number of hydrogen-bond donors (Lipinski definition) is 0. The summed E-state index contributed by atoms with van der Waals surface area (Å²) in [5.41, 5.74) is 0.821. The summed E-state index contributed by atoms with van der Waals surface area (Å²) in [6.45, 7) is 0.920. The molecule has 0 unspecified atom stereocenters. The molecule has 0 radical (unpaired) electrons. The molecule has 26 heavy (non-hydrogen) atoms. The minimum atomic E-state index is -0.297. The fraction of sp³-hybridized carbons (Fsp3) is 0.278. The maximum Gasteiger partial charge on any atom is 0.267 e. The molecule has 3 aromatic rings. The molecule has 4 rings (SSSR count). The second-order valence-electron chi connectivity index (χ2n) is 6.23. The van der Waals surface area contributed by atoms with E-state index in [1.165, 1.54) is 23.3 Å². The molecular formula is C18H17N5O3. The largest absolute Gasteiger partial charge is 0.343 e. The molecule has 1 amide bonds. The van der Waals surface area contributed by atoms with Gasteiger partial charge in [-0.15, -0.1) is 0 Å². The van der Waals surface area contributed by atoms with Crippen molar-refractivity contribution >= 4 is 5.91 Å². The van der Waals surface area contributed by atoms with E-state index < -0.39 is 0 Å². The summed E-state index contributed by atoms with van der Waals surface area (Å²) in [6, 6.07) is 12.9. The highest BCUT2D eigenvalue weighted by atomic mass is 16.5. The fourth-order valence-electron chi connectivity index (χ4n) is 3.38. The van der Waals surface area contributed by atoms with Crippen LogP contribution in [0.4, 0.5) is 0 Å². The minimum Gasteiger partial charge on any atom is -0.343 e. The zero-order valence-corrected chi connectivity index (χ0v) is 13.9. The molecule has 0 bridgehead atoms. The third kappa shape index (κ3) is 3.13. The van der Waals surface area contributed by atoms with Crippen LogP contribution in [0.1, 0.15) is 23.2 Å². The van der Waals surface area contributed by atoms with Gasteiger partial charge in [0.05, 0.1) is 0 Å². The summed E-state index contributed by atoms with van der Waals surface area (Å²) >= 11 is 0. The molecule has 3 heterocycles. The van der Waals surface area contributed by atoms with Crippen molar-refractivity contribution in [3.63, 3.8) is 0 Å². The molecule has 0 saturated carbocycles. The monoisotopic (exact) mass is 351 g/mol. The van der Waals surface area contributed by atoms with Crippen LogP contribution in [0.2, 0.25) is 0 Å². The molecule has 1 aromatic carbocycles. The van der Waals surface area contributed by atoms with Gasteiger partial charge in [-0.2, -0.15) is 10.1 Å². The number of benzene rings is 1. The summed E-state index contributed by atoms with van der Waals surface area (Å²) in [6.07, 6.45) is 2.79. The van der Waals surface area contributed by atoms with Crippen molar-refractivity contribution in [2.75, 3.05) is 13.1 Å². The van der Waals surface area contributed by atoms with Crippen molar-refractivity contribution in [3.05, 3.63) is 76.8 Å². The van der Waals surface area contributed by atoms with Gasteiger partial charge in [0.25, 0.3) is 5.56 Å². The van der Waals surface area contributed by atoms with E-state index in [2.05, 4.69) is 15.2 Å². The molecule has 2 aromatic heterocycles. The lowest BCUT2D eigenvalue weighted by Crippen LogP contribution is -2.35. The van der Waals surface area contributed by atoms with Gasteiger partial charge in [0.1, 0.15) is 6.54 Å². The summed E-state index contributed by atoms with van der Waals surface area (Å²) in [4.78, 5) is 30.4. The number of nitrogens with zero attached hydrogens (tertiary/aromatic N) is 5. The van der Waals surface area contributed by atoms with Gasteiger partial charge in [0.15, 0.2) is 5.82 Å². The second kappa shape index (κ2) is 6.91. The van der Waals surface area contributed by atoms with Gasteiger partial charge in [-0.05, 0) is 11.6 Å². The highest BCUT2D eigenvalue weighted by molar-refractivity contribution is 5.76. The topological polar surface area (TPSA) is 94.1 Å². The third-order valence-electron chi connectivity index (χ3n) is 4.68. The molecule has 132 valence electrons. The predicted octanol–water partition coefficient (Wildman–Crippen LogP) is 1.04. The van der Waals surface area contributed by atoms with Crippen LogP contribution in [0.5, 0.6) is 0 Å². The predicted molar refractivity (Wildman–Crippen MR) is 91.3 cm³/mol. The van der Waals surface area contributed by atoms with Gasteiger partial charge in [-0.1, -0.05) is 35.5 Å². The first-order chi connectivity index (χ1) is 12.7. The Labute approximate surface area is 149 Å². The Balaban J connectivity index is 1.58. The molecule has 0 aliphatic carbocycles. The van der Waals surface area contributed by atoms with Crippen LogP contribution in [0.25, 0.3) is 0 Å². The maximum absolute atomic E-state index is 12.7. The molecular weight excluding hydrogens is 334 g/mol. The average Bonchev–Trinajstić information content (AvgIpc) is 3.34. The van der Waals surface area contributed by atoms with Crippen LogP contribution < -0.4 is 5.56 Å². The molecule has 1 saturated heterocycles. The Morgan fingerprint density at radius 1 is 1.12 bits per heavy atom. The summed E-state index contributed by atoms with van der Waals surface area (Å²) < 4.78 is 6.07. The summed E-state index contributed by atoms with van der Waals surface area (Å²) in [5, 5.41) is 7.93. The lowest BCUT2D eigenvalue weighted by molar-refractivity contribution is -0.131. The van der Waals surface area contributed by atoms with E-state index in [-0.39, 0.29) is 29.8 Å². The number of rotatable bonds is 4.